The van der Waals surface area contributed by atoms with E-state index in [1.807, 2.05) is 17.9 Å². The maximum atomic E-state index is 13.3. The van der Waals surface area contributed by atoms with E-state index < -0.39 is 53.6 Å². The first-order valence-electron chi connectivity index (χ1n) is 14.8. The number of phenolic OH excluding ortho intramolecular Hbond substituents is 1. The lowest BCUT2D eigenvalue weighted by molar-refractivity contribution is -0.160. The van der Waals surface area contributed by atoms with Gasteiger partial charge in [0.15, 0.2) is 23.0 Å². The number of thioether (sulfide) groups is 1. The summed E-state index contributed by atoms with van der Waals surface area (Å²) in [4.78, 5) is 39.8. The van der Waals surface area contributed by atoms with E-state index in [2.05, 4.69) is 10.6 Å². The number of aliphatic hydroxyl groups is 1. The van der Waals surface area contributed by atoms with Crippen LogP contribution in [0.4, 0.5) is 0 Å². The Hall–Kier alpha value is -3.72. The highest BCUT2D eigenvalue weighted by atomic mass is 32.2. The molecule has 1 amide bonds. The number of nitrogens with zero attached hydrogens (tertiary/aromatic N) is 1. The number of benzene rings is 2. The third kappa shape index (κ3) is 4.52. The van der Waals surface area contributed by atoms with Crippen molar-refractivity contribution in [1.82, 2.24) is 15.5 Å². The molecule has 0 spiro atoms. The first kappa shape index (κ1) is 30.0. The number of aromatic hydroxyl groups is 1. The van der Waals surface area contributed by atoms with E-state index >= 15 is 0 Å². The Kier molecular flexibility index (Phi) is 7.30. The number of phenols is 1. The molecule has 2 fully saturated rings. The molecule has 0 saturated carbocycles. The fraction of sp³-hybridized carbons (Fsp3) is 0.516. The summed E-state index contributed by atoms with van der Waals surface area (Å²) in [7, 11) is 1.51. The molecule has 5 aliphatic heterocycles. The van der Waals surface area contributed by atoms with Crippen LogP contribution in [0.15, 0.2) is 6.07 Å². The zero-order chi connectivity index (χ0) is 31.9. The first-order valence-corrected chi connectivity index (χ1v) is 15.9. The van der Waals surface area contributed by atoms with Crippen molar-refractivity contribution in [3.05, 3.63) is 39.4 Å². The number of aliphatic hydroxyl groups excluding tert-OH is 1. The van der Waals surface area contributed by atoms with Crippen LogP contribution in [0.5, 0.6) is 28.7 Å². The van der Waals surface area contributed by atoms with E-state index in [1.165, 1.54) is 32.7 Å². The summed E-state index contributed by atoms with van der Waals surface area (Å²) >= 11 is 1.37. The van der Waals surface area contributed by atoms with Crippen molar-refractivity contribution in [3.8, 4) is 28.7 Å². The number of hydrogen-bond acceptors (Lipinski definition) is 13. The van der Waals surface area contributed by atoms with E-state index in [0.29, 0.717) is 51.7 Å². The average molecular weight is 642 g/mol. The molecule has 4 unspecified atom stereocenters. The van der Waals surface area contributed by atoms with Crippen LogP contribution in [-0.2, 0) is 25.5 Å². The molecule has 5 heterocycles. The van der Waals surface area contributed by atoms with E-state index in [4.69, 9.17) is 23.7 Å². The molecule has 0 aromatic heterocycles. The lowest BCUT2D eigenvalue weighted by Gasteiger charge is -2.59. The van der Waals surface area contributed by atoms with Crippen LogP contribution >= 0.6 is 11.8 Å². The summed E-state index contributed by atoms with van der Waals surface area (Å²) in [5, 5.41) is 29.4. The molecule has 14 heteroatoms. The average Bonchev–Trinajstić information content (AvgIpc) is 3.48. The Morgan fingerprint density at radius 2 is 1.87 bits per heavy atom. The number of aryl methyl sites for hydroxylation is 1. The van der Waals surface area contributed by atoms with Crippen molar-refractivity contribution in [2.75, 3.05) is 26.3 Å². The van der Waals surface area contributed by atoms with Crippen LogP contribution in [0.25, 0.3) is 0 Å². The quantitative estimate of drug-likeness (QED) is 0.284. The normalized spacial score (nSPS) is 29.6. The summed E-state index contributed by atoms with van der Waals surface area (Å²) in [6, 6.07) is -1.21. The van der Waals surface area contributed by atoms with Crippen molar-refractivity contribution in [2.45, 2.75) is 75.8 Å². The van der Waals surface area contributed by atoms with Gasteiger partial charge in [0.1, 0.15) is 24.6 Å². The topological polar surface area (TPSA) is 165 Å². The first-order chi connectivity index (χ1) is 21.5. The fourth-order valence-corrected chi connectivity index (χ4v) is 9.25. The summed E-state index contributed by atoms with van der Waals surface area (Å²) in [5.41, 5.74) is 4.16. The highest BCUT2D eigenvalue weighted by Crippen LogP contribution is 2.62. The van der Waals surface area contributed by atoms with Crippen molar-refractivity contribution in [1.29, 1.82) is 0 Å². The number of methoxy groups -OCH3 is 1. The highest BCUT2D eigenvalue weighted by molar-refractivity contribution is 7.99. The van der Waals surface area contributed by atoms with Crippen LogP contribution in [-0.4, -0.2) is 83.6 Å². The van der Waals surface area contributed by atoms with E-state index in [9.17, 15) is 24.6 Å². The number of carbonyl (C=O) groups excluding carboxylic acids is 3. The molecule has 45 heavy (non-hydrogen) atoms. The predicted molar refractivity (Wildman–Crippen MR) is 160 cm³/mol. The second-order valence-corrected chi connectivity index (χ2v) is 13.2. The van der Waals surface area contributed by atoms with Crippen molar-refractivity contribution >= 4 is 29.6 Å². The molecule has 2 aromatic rings. The molecular formula is C31H35N3O10S. The Labute approximate surface area is 263 Å². The second-order valence-electron chi connectivity index (χ2n) is 12.0. The lowest BCUT2D eigenvalue weighted by Crippen LogP contribution is -2.69. The number of cyclic esters (lactones) is 1. The number of carbonyl (C=O) groups is 3. The van der Waals surface area contributed by atoms with Crippen molar-refractivity contribution in [3.63, 3.8) is 0 Å². The molecule has 2 aromatic carbocycles. The Morgan fingerprint density at radius 3 is 2.58 bits per heavy atom. The number of rotatable bonds is 3. The Balaban J connectivity index is 1.50. The van der Waals surface area contributed by atoms with Gasteiger partial charge in [-0.05, 0) is 31.4 Å². The zero-order valence-electron chi connectivity index (χ0n) is 25.5. The number of fused-ring (bicyclic) bond motifs is 9. The van der Waals surface area contributed by atoms with Gasteiger partial charge in [-0.3, -0.25) is 14.5 Å². The van der Waals surface area contributed by atoms with Crippen LogP contribution in [0.1, 0.15) is 64.6 Å². The predicted octanol–water partition coefficient (Wildman–Crippen LogP) is 1.82. The fourth-order valence-electron chi connectivity index (χ4n) is 7.73. The number of nitrogens with one attached hydrogen (secondary N) is 2. The number of amides is 1. The highest BCUT2D eigenvalue weighted by Gasteiger charge is 2.58. The molecule has 4 bridgehead atoms. The molecular weight excluding hydrogens is 606 g/mol. The molecule has 4 N–H and O–H groups in total. The van der Waals surface area contributed by atoms with Crippen LogP contribution in [0.2, 0.25) is 0 Å². The van der Waals surface area contributed by atoms with Crippen molar-refractivity contribution < 1.29 is 48.3 Å². The molecule has 0 aliphatic carbocycles. The maximum absolute atomic E-state index is 13.3. The molecule has 5 aliphatic rings. The van der Waals surface area contributed by atoms with Gasteiger partial charge in [0, 0.05) is 47.9 Å². The summed E-state index contributed by atoms with van der Waals surface area (Å²) < 4.78 is 29.3. The zero-order valence-corrected chi connectivity index (χ0v) is 26.3. The molecule has 7 atom stereocenters. The van der Waals surface area contributed by atoms with E-state index in [-0.39, 0.29) is 30.8 Å². The largest absolute Gasteiger partial charge is 0.504 e. The maximum Gasteiger partial charge on any atom is 0.329 e. The van der Waals surface area contributed by atoms with Crippen LogP contribution in [0.3, 0.4) is 0 Å². The minimum absolute atomic E-state index is 0.0163. The monoisotopic (exact) mass is 641 g/mol. The van der Waals surface area contributed by atoms with E-state index in [0.717, 1.165) is 11.1 Å². The number of ether oxygens (including phenoxy) is 5. The van der Waals surface area contributed by atoms with E-state index in [1.54, 1.807) is 6.92 Å². The van der Waals surface area contributed by atoms with Gasteiger partial charge in [0.25, 0.3) is 0 Å². The molecule has 0 radical (unpaired) electrons. The molecule has 2 saturated heterocycles. The summed E-state index contributed by atoms with van der Waals surface area (Å²) in [6.07, 6.45) is -0.605. The SMILES string of the molecule is COc1c(C)cc2c(c1O)C1NC(C2)[C@H](O)N2C1[C@@H]1SCC(NC(C)=O)C(=O)OC[C@H]2c2c3c(c(C)c(OC(C)=O)c21)OCO3. The van der Waals surface area contributed by atoms with Crippen molar-refractivity contribution in [2.24, 2.45) is 0 Å². The van der Waals surface area contributed by atoms with Crippen LogP contribution < -0.4 is 29.6 Å². The van der Waals surface area contributed by atoms with Gasteiger partial charge in [-0.25, -0.2) is 4.79 Å². The summed E-state index contributed by atoms with van der Waals surface area (Å²) in [6.45, 7) is 6.07. The standard InChI is InChI=1S/C31H35N3O10S/c1-11-6-15-7-16-30(38)34-18-8-41-31(39)17(32-13(3)35)9-45-29(23(34)22(33-16)19(15)24(37)25(11)40-5)21-20(18)28-27(42-10-43-28)12(2)26(21)44-14(4)36/h6,16-18,22-23,29-30,33,37-38H,7-10H2,1-5H3,(H,32,35)/t16?,17?,18-,22?,23?,29+,30-/m0/s1. The molecule has 240 valence electrons. The van der Waals surface area contributed by atoms with Gasteiger partial charge < -0.3 is 44.5 Å². The molecule has 13 nitrogen and oxygen atoms in total. The Bertz CT molecular complexity index is 1630. The minimum atomic E-state index is -1.04. The second kappa shape index (κ2) is 11.0. The Morgan fingerprint density at radius 1 is 1.11 bits per heavy atom. The number of esters is 2. The number of piperazine rings is 1. The summed E-state index contributed by atoms with van der Waals surface area (Å²) in [5.74, 6) is 0.164. The van der Waals surface area contributed by atoms with Gasteiger partial charge >= 0.3 is 11.9 Å². The van der Waals surface area contributed by atoms with Gasteiger partial charge in [-0.1, -0.05) is 6.07 Å². The number of hydrogen-bond donors (Lipinski definition) is 4. The minimum Gasteiger partial charge on any atom is -0.504 e. The van der Waals surface area contributed by atoms with Gasteiger partial charge in [0.2, 0.25) is 12.7 Å². The third-order valence-electron chi connectivity index (χ3n) is 9.36. The van der Waals surface area contributed by atoms with Gasteiger partial charge in [-0.15, -0.1) is 11.8 Å². The smallest absolute Gasteiger partial charge is 0.329 e. The van der Waals surface area contributed by atoms with Crippen LogP contribution in [0, 0.1) is 13.8 Å². The van der Waals surface area contributed by atoms with Gasteiger partial charge in [-0.2, -0.15) is 0 Å². The lowest BCUT2D eigenvalue weighted by atomic mass is 9.74. The third-order valence-corrected chi connectivity index (χ3v) is 10.8. The molecule has 7 rings (SSSR count). The van der Waals surface area contributed by atoms with Gasteiger partial charge in [0.05, 0.1) is 30.5 Å².